The van der Waals surface area contributed by atoms with E-state index >= 15 is 0 Å². The lowest BCUT2D eigenvalue weighted by Gasteiger charge is -2.26. The van der Waals surface area contributed by atoms with Crippen LogP contribution in [0.25, 0.3) is 0 Å². The van der Waals surface area contributed by atoms with E-state index in [9.17, 15) is 9.90 Å². The van der Waals surface area contributed by atoms with E-state index in [-0.39, 0.29) is 6.61 Å². The monoisotopic (exact) mass is 278 g/mol. The maximum absolute atomic E-state index is 10.8. The highest BCUT2D eigenvalue weighted by Gasteiger charge is 2.39. The molecule has 0 rings (SSSR count). The fourth-order valence-corrected chi connectivity index (χ4v) is 3.22. The van der Waals surface area contributed by atoms with Gasteiger partial charge in [-0.1, -0.05) is 6.58 Å². The summed E-state index contributed by atoms with van der Waals surface area (Å²) in [7, 11) is 1.75. The summed E-state index contributed by atoms with van der Waals surface area (Å²) in [6.07, 6.45) is 1.53. The summed E-state index contributed by atoms with van der Waals surface area (Å²) < 4.78 is 20.4. The molecule has 0 radical (unpaired) electrons. The molecule has 1 atom stereocenters. The maximum atomic E-state index is 10.8. The van der Waals surface area contributed by atoms with Crippen molar-refractivity contribution < 1.29 is 27.9 Å². The van der Waals surface area contributed by atoms with Gasteiger partial charge in [-0.2, -0.15) is 0 Å². The summed E-state index contributed by atoms with van der Waals surface area (Å²) in [5.41, 5.74) is 0. The minimum atomic E-state index is -2.74. The van der Waals surface area contributed by atoms with Crippen molar-refractivity contribution >= 4 is 14.8 Å². The molecule has 7 heteroatoms. The first kappa shape index (κ1) is 17.3. The molecule has 106 valence electrons. The molecular formula is C11H22O6Si. The highest BCUT2D eigenvalue weighted by atomic mass is 28.4. The van der Waals surface area contributed by atoms with Gasteiger partial charge in [-0.15, -0.1) is 0 Å². The van der Waals surface area contributed by atoms with Crippen molar-refractivity contribution in [1.82, 2.24) is 0 Å². The Bertz CT molecular complexity index is 246. The van der Waals surface area contributed by atoms with Gasteiger partial charge in [-0.05, 0) is 12.8 Å². The van der Waals surface area contributed by atoms with Gasteiger partial charge in [0.15, 0.2) is 0 Å². The van der Waals surface area contributed by atoms with Crippen molar-refractivity contribution in [3.63, 3.8) is 0 Å². The van der Waals surface area contributed by atoms with Gasteiger partial charge >= 0.3 is 14.8 Å². The second-order valence-electron chi connectivity index (χ2n) is 3.67. The molecule has 0 saturated carbocycles. The fourth-order valence-electron chi connectivity index (χ4n) is 1.44. The van der Waals surface area contributed by atoms with Crippen molar-refractivity contribution in [2.24, 2.45) is 0 Å². The quantitative estimate of drug-likeness (QED) is 0.275. The Morgan fingerprint density at radius 3 is 2.33 bits per heavy atom. The second kappa shape index (κ2) is 9.23. The van der Waals surface area contributed by atoms with Crippen LogP contribution >= 0.6 is 0 Å². The molecule has 0 bridgehead atoms. The molecule has 0 saturated heterocycles. The number of ether oxygens (including phenoxy) is 1. The number of hydrogen-bond acceptors (Lipinski definition) is 6. The Labute approximate surface area is 109 Å². The average molecular weight is 278 g/mol. The molecule has 0 aliphatic rings. The van der Waals surface area contributed by atoms with Gasteiger partial charge in [0, 0.05) is 33.4 Å². The third-order valence-corrected chi connectivity index (χ3v) is 5.35. The van der Waals surface area contributed by atoms with Crippen LogP contribution in [0.5, 0.6) is 0 Å². The Balaban J connectivity index is 3.92. The van der Waals surface area contributed by atoms with Crippen LogP contribution < -0.4 is 0 Å². The first-order chi connectivity index (χ1) is 8.53. The smallest absolute Gasteiger partial charge is 0.463 e. The number of hydrogen-bond donors (Lipinski definition) is 1. The fraction of sp³-hybridized carbons (Fsp3) is 0.727. The van der Waals surface area contributed by atoms with E-state index in [4.69, 9.17) is 18.0 Å². The number of carbonyl (C=O) groups excluding carboxylic acids is 1. The van der Waals surface area contributed by atoms with Crippen molar-refractivity contribution in [2.75, 3.05) is 27.9 Å². The summed E-state index contributed by atoms with van der Waals surface area (Å²) in [4.78, 5) is 10.8. The van der Waals surface area contributed by atoms with Crippen LogP contribution in [0.3, 0.4) is 0 Å². The number of rotatable bonds is 10. The van der Waals surface area contributed by atoms with E-state index in [0.29, 0.717) is 18.9 Å². The minimum absolute atomic E-state index is 0.253. The lowest BCUT2D eigenvalue weighted by atomic mass is 10.2. The summed E-state index contributed by atoms with van der Waals surface area (Å²) >= 11 is 0. The molecule has 0 heterocycles. The molecule has 0 aromatic rings. The Hall–Kier alpha value is -0.733. The normalized spacial score (nSPS) is 13.1. The van der Waals surface area contributed by atoms with Crippen molar-refractivity contribution in [3.8, 4) is 0 Å². The summed E-state index contributed by atoms with van der Waals surface area (Å²) in [5, 5.41) is 9.83. The van der Waals surface area contributed by atoms with E-state index < -0.39 is 20.9 Å². The lowest BCUT2D eigenvalue weighted by Crippen LogP contribution is -2.45. The van der Waals surface area contributed by atoms with Crippen molar-refractivity contribution in [3.05, 3.63) is 12.7 Å². The largest absolute Gasteiger partial charge is 0.502 e. The van der Waals surface area contributed by atoms with Gasteiger partial charge in [-0.25, -0.2) is 4.79 Å². The van der Waals surface area contributed by atoms with Crippen LogP contribution in [0.1, 0.15) is 12.8 Å². The Morgan fingerprint density at radius 1 is 1.33 bits per heavy atom. The molecule has 1 N–H and O–H groups in total. The summed E-state index contributed by atoms with van der Waals surface area (Å²) in [6.45, 7) is 3.54. The van der Waals surface area contributed by atoms with E-state index in [1.807, 2.05) is 0 Å². The van der Waals surface area contributed by atoms with Crippen LogP contribution in [-0.2, 0) is 22.8 Å². The highest BCUT2D eigenvalue weighted by Crippen LogP contribution is 2.17. The molecule has 1 unspecified atom stereocenters. The minimum Gasteiger partial charge on any atom is -0.463 e. The van der Waals surface area contributed by atoms with Crippen molar-refractivity contribution in [2.45, 2.75) is 25.0 Å². The third kappa shape index (κ3) is 6.27. The van der Waals surface area contributed by atoms with Crippen LogP contribution in [0.15, 0.2) is 12.7 Å². The van der Waals surface area contributed by atoms with Crippen LogP contribution in [-0.4, -0.2) is 53.9 Å². The van der Waals surface area contributed by atoms with Gasteiger partial charge in [0.1, 0.15) is 0 Å². The van der Waals surface area contributed by atoms with Gasteiger partial charge in [0.05, 0.1) is 12.7 Å². The zero-order valence-corrected chi connectivity index (χ0v) is 12.2. The molecule has 0 aliphatic carbocycles. The number of esters is 1. The van der Waals surface area contributed by atoms with E-state index in [2.05, 4.69) is 6.58 Å². The van der Waals surface area contributed by atoms with Crippen molar-refractivity contribution in [1.29, 1.82) is 0 Å². The zero-order chi connectivity index (χ0) is 14.0. The number of carbonyl (C=O) groups is 1. The third-order valence-electron chi connectivity index (χ3n) is 2.51. The predicted molar refractivity (Wildman–Crippen MR) is 68.0 cm³/mol. The lowest BCUT2D eigenvalue weighted by molar-refractivity contribution is -0.138. The first-order valence-corrected chi connectivity index (χ1v) is 7.59. The molecule has 0 aromatic carbocycles. The van der Waals surface area contributed by atoms with E-state index in [0.717, 1.165) is 6.08 Å². The summed E-state index contributed by atoms with van der Waals surface area (Å²) in [5.74, 6) is -0.459. The van der Waals surface area contributed by atoms with Crippen LogP contribution in [0.2, 0.25) is 6.04 Å². The van der Waals surface area contributed by atoms with E-state index in [1.54, 1.807) is 0 Å². The van der Waals surface area contributed by atoms with E-state index in [1.165, 1.54) is 21.3 Å². The number of aliphatic hydroxyl groups is 1. The van der Waals surface area contributed by atoms with Gasteiger partial charge in [0.2, 0.25) is 0 Å². The molecule has 0 aromatic heterocycles. The molecular weight excluding hydrogens is 256 g/mol. The van der Waals surface area contributed by atoms with Gasteiger partial charge in [-0.3, -0.25) is 0 Å². The first-order valence-electron chi connectivity index (χ1n) is 5.66. The second-order valence-corrected chi connectivity index (χ2v) is 6.67. The van der Waals surface area contributed by atoms with Crippen LogP contribution in [0, 0.1) is 0 Å². The SMILES string of the molecule is C=CC(=O)OCCCC(O)C[Si](OC)(OC)OC. The summed E-state index contributed by atoms with van der Waals surface area (Å²) in [6, 6.07) is 0.311. The molecule has 0 spiro atoms. The maximum Gasteiger partial charge on any atom is 0.502 e. The molecule has 6 nitrogen and oxygen atoms in total. The topological polar surface area (TPSA) is 74.2 Å². The average Bonchev–Trinajstić information content (AvgIpc) is 2.40. The van der Waals surface area contributed by atoms with Gasteiger partial charge < -0.3 is 23.1 Å². The molecule has 0 amide bonds. The molecule has 18 heavy (non-hydrogen) atoms. The number of aliphatic hydroxyl groups excluding tert-OH is 1. The highest BCUT2D eigenvalue weighted by molar-refractivity contribution is 6.60. The Morgan fingerprint density at radius 2 is 1.89 bits per heavy atom. The van der Waals surface area contributed by atoms with Gasteiger partial charge in [0.25, 0.3) is 0 Å². The standard InChI is InChI=1S/C11H22O6Si/c1-5-11(13)17-8-6-7-10(12)9-18(14-2,15-3)16-4/h5,10,12H,1,6-9H2,2-4H3. The zero-order valence-electron chi connectivity index (χ0n) is 11.2. The van der Waals surface area contributed by atoms with Crippen LogP contribution in [0.4, 0.5) is 0 Å². The molecule has 0 fully saturated rings. The molecule has 0 aliphatic heterocycles. The predicted octanol–water partition coefficient (Wildman–Crippen LogP) is 0.735. The Kier molecular flexibility index (Phi) is 8.85.